The molecule has 2 aliphatic carbocycles. The normalized spacial score (nSPS) is 16.3. The number of nitrogens with one attached hydrogen (secondary N) is 2. The molecule has 34 heavy (non-hydrogen) atoms. The number of amides is 2. The van der Waals surface area contributed by atoms with Crippen LogP contribution in [-0.4, -0.2) is 54.3 Å². The van der Waals surface area contributed by atoms with Gasteiger partial charge in [0.25, 0.3) is 0 Å². The van der Waals surface area contributed by atoms with Gasteiger partial charge in [0.2, 0.25) is 5.91 Å². The molecule has 1 fully saturated rings. The summed E-state index contributed by atoms with van der Waals surface area (Å²) < 4.78 is 10.0. The molecule has 0 bridgehead atoms. The zero-order valence-corrected chi connectivity index (χ0v) is 18.7. The highest BCUT2D eigenvalue weighted by molar-refractivity contribution is 5.94. The number of esters is 1. The Kier molecular flexibility index (Phi) is 6.54. The van der Waals surface area contributed by atoms with Crippen LogP contribution in [0.1, 0.15) is 42.7 Å². The summed E-state index contributed by atoms with van der Waals surface area (Å²) in [5.41, 5.74) is 3.07. The zero-order valence-electron chi connectivity index (χ0n) is 18.7. The van der Waals surface area contributed by atoms with Gasteiger partial charge in [-0.3, -0.25) is 9.59 Å². The molecule has 1 atom stereocenters. The van der Waals surface area contributed by atoms with Crippen molar-refractivity contribution in [1.82, 2.24) is 10.6 Å². The van der Waals surface area contributed by atoms with Crippen molar-refractivity contribution in [2.75, 3.05) is 13.7 Å². The molecule has 0 saturated heterocycles. The van der Waals surface area contributed by atoms with Gasteiger partial charge in [-0.1, -0.05) is 48.5 Å². The van der Waals surface area contributed by atoms with Crippen LogP contribution in [0.15, 0.2) is 48.5 Å². The monoisotopic (exact) mass is 466 g/mol. The maximum absolute atomic E-state index is 12.9. The van der Waals surface area contributed by atoms with Crippen LogP contribution in [0.2, 0.25) is 0 Å². The number of alkyl carbamates (subject to hydrolysis) is 1. The molecule has 2 aromatic carbocycles. The molecule has 0 radical (unpaired) electrons. The Bertz CT molecular complexity index is 1080. The maximum atomic E-state index is 12.9. The van der Waals surface area contributed by atoms with Crippen molar-refractivity contribution in [2.24, 2.45) is 0 Å². The van der Waals surface area contributed by atoms with Gasteiger partial charge in [0.05, 0.1) is 13.5 Å². The first kappa shape index (κ1) is 23.3. The van der Waals surface area contributed by atoms with Crippen molar-refractivity contribution < 1.29 is 33.8 Å². The van der Waals surface area contributed by atoms with Crippen LogP contribution in [0, 0.1) is 0 Å². The number of fused-ring (bicyclic) bond motifs is 3. The van der Waals surface area contributed by atoms with Crippen LogP contribution in [0.25, 0.3) is 11.1 Å². The quantitative estimate of drug-likeness (QED) is 0.510. The van der Waals surface area contributed by atoms with Crippen molar-refractivity contribution in [1.29, 1.82) is 0 Å². The van der Waals surface area contributed by atoms with E-state index in [4.69, 9.17) is 4.74 Å². The smallest absolute Gasteiger partial charge is 0.408 e. The third kappa shape index (κ3) is 4.46. The Morgan fingerprint density at radius 1 is 1.03 bits per heavy atom. The van der Waals surface area contributed by atoms with Crippen LogP contribution < -0.4 is 10.6 Å². The standard InChI is InChI=1S/C25H26N2O7/c1-33-21(28)13-20(22(29)30)26-23(31)25(11-6-12-25)27-24(32)34-14-19-17-9-4-2-7-15(17)16-8-3-5-10-18(16)19/h2-5,7-10,19-20H,6,11-14H2,1H3,(H,26,31)(H,27,32)(H,29,30)/t20-/m0/s1. The fourth-order valence-corrected chi connectivity index (χ4v) is 4.52. The van der Waals surface area contributed by atoms with Crippen molar-refractivity contribution >= 4 is 23.9 Å². The minimum Gasteiger partial charge on any atom is -0.480 e. The lowest BCUT2D eigenvalue weighted by Crippen LogP contribution is -2.64. The molecule has 1 saturated carbocycles. The summed E-state index contributed by atoms with van der Waals surface area (Å²) in [4.78, 5) is 48.5. The summed E-state index contributed by atoms with van der Waals surface area (Å²) in [6.45, 7) is 0.0949. The van der Waals surface area contributed by atoms with Gasteiger partial charge in [-0.25, -0.2) is 9.59 Å². The van der Waals surface area contributed by atoms with E-state index in [9.17, 15) is 24.3 Å². The van der Waals surface area contributed by atoms with E-state index in [1.165, 1.54) is 0 Å². The zero-order chi connectivity index (χ0) is 24.3. The first-order valence-corrected chi connectivity index (χ1v) is 11.1. The first-order valence-electron chi connectivity index (χ1n) is 11.1. The fourth-order valence-electron chi connectivity index (χ4n) is 4.52. The number of hydrogen-bond acceptors (Lipinski definition) is 6. The maximum Gasteiger partial charge on any atom is 0.408 e. The average molecular weight is 466 g/mol. The second kappa shape index (κ2) is 9.54. The van der Waals surface area contributed by atoms with Crippen molar-refractivity contribution in [3.05, 3.63) is 59.7 Å². The van der Waals surface area contributed by atoms with Gasteiger partial charge in [0.1, 0.15) is 18.2 Å². The summed E-state index contributed by atoms with van der Waals surface area (Å²) in [7, 11) is 1.13. The van der Waals surface area contributed by atoms with Crippen LogP contribution in [0.5, 0.6) is 0 Å². The van der Waals surface area contributed by atoms with Gasteiger partial charge in [-0.05, 0) is 41.5 Å². The number of carboxylic acid groups (broad SMARTS) is 1. The van der Waals surface area contributed by atoms with Crippen LogP contribution in [0.4, 0.5) is 4.79 Å². The largest absolute Gasteiger partial charge is 0.480 e. The van der Waals surface area contributed by atoms with Crippen molar-refractivity contribution in [3.63, 3.8) is 0 Å². The molecular weight excluding hydrogens is 440 g/mol. The molecule has 2 aliphatic rings. The van der Waals surface area contributed by atoms with Crippen LogP contribution in [0.3, 0.4) is 0 Å². The molecule has 4 rings (SSSR count). The van der Waals surface area contributed by atoms with Crippen molar-refractivity contribution in [2.45, 2.75) is 43.2 Å². The van der Waals surface area contributed by atoms with Gasteiger partial charge in [0.15, 0.2) is 0 Å². The average Bonchev–Trinajstić information content (AvgIpc) is 3.13. The lowest BCUT2D eigenvalue weighted by atomic mass is 9.76. The second-order valence-corrected chi connectivity index (χ2v) is 8.53. The molecule has 3 N–H and O–H groups in total. The number of rotatable bonds is 8. The predicted octanol–water partition coefficient (Wildman–Crippen LogP) is 2.58. The molecule has 178 valence electrons. The number of benzene rings is 2. The number of carbonyl (C=O) groups is 4. The Morgan fingerprint density at radius 3 is 2.12 bits per heavy atom. The van der Waals surface area contributed by atoms with Gasteiger partial charge >= 0.3 is 18.0 Å². The van der Waals surface area contributed by atoms with E-state index in [2.05, 4.69) is 15.4 Å². The molecule has 9 nitrogen and oxygen atoms in total. The lowest BCUT2D eigenvalue weighted by molar-refractivity contribution is -0.149. The van der Waals surface area contributed by atoms with Crippen molar-refractivity contribution in [3.8, 4) is 11.1 Å². The van der Waals surface area contributed by atoms with Crippen LogP contribution in [-0.2, 0) is 23.9 Å². The van der Waals surface area contributed by atoms with E-state index in [0.29, 0.717) is 19.3 Å². The molecule has 0 aromatic heterocycles. The Balaban J connectivity index is 1.41. The van der Waals surface area contributed by atoms with E-state index in [1.54, 1.807) is 0 Å². The number of carbonyl (C=O) groups excluding carboxylic acids is 3. The third-order valence-corrected chi connectivity index (χ3v) is 6.53. The highest BCUT2D eigenvalue weighted by atomic mass is 16.5. The van der Waals surface area contributed by atoms with Gasteiger partial charge in [-0.15, -0.1) is 0 Å². The second-order valence-electron chi connectivity index (χ2n) is 8.53. The molecule has 2 amide bonds. The molecule has 0 spiro atoms. The van der Waals surface area contributed by atoms with E-state index >= 15 is 0 Å². The molecule has 2 aromatic rings. The SMILES string of the molecule is COC(=O)C[C@H](NC(=O)C1(NC(=O)OCC2c3ccccc3-c3ccccc32)CCC1)C(=O)O. The molecule has 0 heterocycles. The van der Waals surface area contributed by atoms with Gasteiger partial charge < -0.3 is 25.2 Å². The molecule has 9 heteroatoms. The highest BCUT2D eigenvalue weighted by Crippen LogP contribution is 2.44. The Hall–Kier alpha value is -3.88. The summed E-state index contributed by atoms with van der Waals surface area (Å²) in [5.74, 6) is -2.92. The Labute approximate surface area is 196 Å². The minimum absolute atomic E-state index is 0.0949. The summed E-state index contributed by atoms with van der Waals surface area (Å²) >= 11 is 0. The molecular formula is C25H26N2O7. The van der Waals surface area contributed by atoms with E-state index in [1.807, 2.05) is 48.5 Å². The summed E-state index contributed by atoms with van der Waals surface area (Å²) in [5, 5.41) is 14.3. The van der Waals surface area contributed by atoms with Crippen LogP contribution >= 0.6 is 0 Å². The van der Waals surface area contributed by atoms with Gasteiger partial charge in [-0.2, -0.15) is 0 Å². The lowest BCUT2D eigenvalue weighted by Gasteiger charge is -2.40. The third-order valence-electron chi connectivity index (χ3n) is 6.53. The first-order chi connectivity index (χ1) is 16.3. The number of carboxylic acids is 1. The van der Waals surface area contributed by atoms with E-state index in [0.717, 1.165) is 29.4 Å². The van der Waals surface area contributed by atoms with Gasteiger partial charge in [0, 0.05) is 5.92 Å². The van der Waals surface area contributed by atoms with E-state index in [-0.39, 0.29) is 12.5 Å². The highest BCUT2D eigenvalue weighted by Gasteiger charge is 2.47. The summed E-state index contributed by atoms with van der Waals surface area (Å²) in [6.07, 6.45) is 0.0996. The minimum atomic E-state index is -1.46. The molecule has 0 aliphatic heterocycles. The summed E-state index contributed by atoms with van der Waals surface area (Å²) in [6, 6.07) is 14.5. The predicted molar refractivity (Wildman–Crippen MR) is 121 cm³/mol. The number of methoxy groups -OCH3 is 1. The molecule has 0 unspecified atom stereocenters. The fraction of sp³-hybridized carbons (Fsp3) is 0.360. The number of aliphatic carboxylic acids is 1. The number of ether oxygens (including phenoxy) is 2. The van der Waals surface area contributed by atoms with E-state index < -0.39 is 41.9 Å². The topological polar surface area (TPSA) is 131 Å². The Morgan fingerprint density at radius 2 is 1.62 bits per heavy atom. The number of hydrogen-bond donors (Lipinski definition) is 3.